The summed E-state index contributed by atoms with van der Waals surface area (Å²) in [5, 5.41) is 5.13. The van der Waals surface area contributed by atoms with E-state index in [2.05, 4.69) is 15.6 Å². The quantitative estimate of drug-likeness (QED) is 0.475. The predicted octanol–water partition coefficient (Wildman–Crippen LogP) is 1.51. The molecule has 5 amide bonds. The molecule has 0 bridgehead atoms. The van der Waals surface area contributed by atoms with Crippen molar-refractivity contribution in [3.05, 3.63) is 65.0 Å². The van der Waals surface area contributed by atoms with E-state index in [0.29, 0.717) is 25.1 Å². The molecule has 4 rings (SSSR count). The number of aryl methyl sites for hydroxylation is 1. The lowest BCUT2D eigenvalue weighted by Crippen LogP contribution is -2.54. The molecule has 2 aliphatic rings. The number of benzene rings is 1. The first-order chi connectivity index (χ1) is 16.2. The number of piperidine rings is 1. The van der Waals surface area contributed by atoms with Crippen LogP contribution in [0.15, 0.2) is 42.6 Å². The maximum Gasteiger partial charge on any atom is 0.262 e. The van der Waals surface area contributed by atoms with E-state index >= 15 is 0 Å². The molecule has 2 aliphatic heterocycles. The summed E-state index contributed by atoms with van der Waals surface area (Å²) in [6.45, 7) is 4.09. The summed E-state index contributed by atoms with van der Waals surface area (Å²) in [6.07, 6.45) is 3.10. The van der Waals surface area contributed by atoms with Crippen LogP contribution in [0.5, 0.6) is 0 Å². The molecular formula is C25H26N4O5. The molecule has 0 radical (unpaired) electrons. The van der Waals surface area contributed by atoms with E-state index < -0.39 is 35.1 Å². The smallest absolute Gasteiger partial charge is 0.262 e. The Labute approximate surface area is 196 Å². The van der Waals surface area contributed by atoms with Crippen molar-refractivity contribution >= 4 is 29.5 Å². The SMILES string of the molecule is CC(C)(C(=O)NCCCc1ccc2c(c1)C(=O)N(C1CCC(=O)NC1=O)C2=O)c1ccccn1. The van der Waals surface area contributed by atoms with Crippen LogP contribution in [0.1, 0.15) is 65.1 Å². The van der Waals surface area contributed by atoms with Gasteiger partial charge in [-0.2, -0.15) is 0 Å². The van der Waals surface area contributed by atoms with Gasteiger partial charge in [0.1, 0.15) is 6.04 Å². The molecule has 1 aromatic heterocycles. The molecule has 0 aliphatic carbocycles. The highest BCUT2D eigenvalue weighted by molar-refractivity contribution is 6.23. The molecule has 0 spiro atoms. The number of fused-ring (bicyclic) bond motifs is 1. The van der Waals surface area contributed by atoms with Crippen LogP contribution >= 0.6 is 0 Å². The van der Waals surface area contributed by atoms with Crippen LogP contribution in [0.2, 0.25) is 0 Å². The van der Waals surface area contributed by atoms with Crippen molar-refractivity contribution < 1.29 is 24.0 Å². The summed E-state index contributed by atoms with van der Waals surface area (Å²) in [7, 11) is 0. The Morgan fingerprint density at radius 2 is 1.88 bits per heavy atom. The van der Waals surface area contributed by atoms with E-state index in [1.807, 2.05) is 26.0 Å². The summed E-state index contributed by atoms with van der Waals surface area (Å²) >= 11 is 0. The summed E-state index contributed by atoms with van der Waals surface area (Å²) in [5.41, 5.74) is 1.29. The molecule has 1 fully saturated rings. The van der Waals surface area contributed by atoms with Crippen LogP contribution in [0.25, 0.3) is 0 Å². The molecule has 1 saturated heterocycles. The Morgan fingerprint density at radius 1 is 1.12 bits per heavy atom. The number of imide groups is 2. The van der Waals surface area contributed by atoms with Gasteiger partial charge in [0.05, 0.1) is 22.2 Å². The minimum atomic E-state index is -0.980. The number of hydrogen-bond acceptors (Lipinski definition) is 6. The van der Waals surface area contributed by atoms with Crippen molar-refractivity contribution in [3.63, 3.8) is 0 Å². The molecule has 176 valence electrons. The van der Waals surface area contributed by atoms with Gasteiger partial charge in [0, 0.05) is 19.2 Å². The number of aromatic nitrogens is 1. The third kappa shape index (κ3) is 4.33. The number of carbonyl (C=O) groups is 5. The average molecular weight is 463 g/mol. The van der Waals surface area contributed by atoms with Gasteiger partial charge in [0.15, 0.2) is 0 Å². The molecule has 1 atom stereocenters. The number of pyridine rings is 1. The van der Waals surface area contributed by atoms with Gasteiger partial charge in [-0.05, 0) is 62.9 Å². The molecule has 34 heavy (non-hydrogen) atoms. The van der Waals surface area contributed by atoms with Gasteiger partial charge >= 0.3 is 0 Å². The topological polar surface area (TPSA) is 126 Å². The predicted molar refractivity (Wildman–Crippen MR) is 122 cm³/mol. The molecule has 2 aromatic rings. The lowest BCUT2D eigenvalue weighted by Gasteiger charge is -2.27. The monoisotopic (exact) mass is 462 g/mol. The summed E-state index contributed by atoms with van der Waals surface area (Å²) in [5.74, 6) is -2.21. The fraction of sp³-hybridized carbons (Fsp3) is 0.360. The highest BCUT2D eigenvalue weighted by Gasteiger charge is 2.44. The molecule has 1 unspecified atom stereocenters. The first-order valence-corrected chi connectivity index (χ1v) is 11.2. The number of amides is 5. The normalized spacial score (nSPS) is 18.1. The molecule has 3 heterocycles. The first-order valence-electron chi connectivity index (χ1n) is 11.2. The van der Waals surface area contributed by atoms with E-state index in [4.69, 9.17) is 0 Å². The third-order valence-corrected chi connectivity index (χ3v) is 6.30. The number of carbonyl (C=O) groups excluding carboxylic acids is 5. The number of nitrogens with zero attached hydrogens (tertiary/aromatic N) is 2. The Bertz CT molecular complexity index is 1180. The van der Waals surface area contributed by atoms with Gasteiger partial charge in [0.2, 0.25) is 17.7 Å². The van der Waals surface area contributed by atoms with Crippen LogP contribution in [-0.4, -0.2) is 52.0 Å². The Kier molecular flexibility index (Phi) is 6.28. The van der Waals surface area contributed by atoms with Crippen molar-refractivity contribution in [1.29, 1.82) is 0 Å². The van der Waals surface area contributed by atoms with E-state index in [1.54, 1.807) is 30.5 Å². The van der Waals surface area contributed by atoms with Gasteiger partial charge in [-0.15, -0.1) is 0 Å². The maximum atomic E-state index is 12.9. The van der Waals surface area contributed by atoms with Crippen LogP contribution < -0.4 is 10.6 Å². The van der Waals surface area contributed by atoms with Crippen LogP contribution in [0.4, 0.5) is 0 Å². The van der Waals surface area contributed by atoms with Crippen molar-refractivity contribution in [2.75, 3.05) is 6.54 Å². The second-order valence-electron chi connectivity index (χ2n) is 9.03. The minimum Gasteiger partial charge on any atom is -0.355 e. The van der Waals surface area contributed by atoms with Crippen LogP contribution in [-0.2, 0) is 26.2 Å². The zero-order chi connectivity index (χ0) is 24.5. The second kappa shape index (κ2) is 9.17. The van der Waals surface area contributed by atoms with E-state index in [0.717, 1.165) is 10.5 Å². The lowest BCUT2D eigenvalue weighted by molar-refractivity contribution is -0.136. The fourth-order valence-corrected chi connectivity index (χ4v) is 4.24. The van der Waals surface area contributed by atoms with Gasteiger partial charge in [0.25, 0.3) is 11.8 Å². The van der Waals surface area contributed by atoms with Gasteiger partial charge in [-0.3, -0.25) is 39.2 Å². The van der Waals surface area contributed by atoms with Gasteiger partial charge in [-0.25, -0.2) is 0 Å². The first kappa shape index (κ1) is 23.3. The maximum absolute atomic E-state index is 12.9. The zero-order valence-electron chi connectivity index (χ0n) is 19.1. The molecule has 9 nitrogen and oxygen atoms in total. The van der Waals surface area contributed by atoms with Crippen LogP contribution in [0, 0.1) is 0 Å². The van der Waals surface area contributed by atoms with Crippen LogP contribution in [0.3, 0.4) is 0 Å². The minimum absolute atomic E-state index is 0.0813. The lowest BCUT2D eigenvalue weighted by atomic mass is 9.87. The standard InChI is InChI=1S/C25H26N4O5/c1-25(2,19-7-3-4-12-26-19)24(34)27-13-5-6-15-8-9-16-17(14-15)23(33)29(22(16)32)18-10-11-20(30)28-21(18)31/h3-4,7-9,12,14,18H,5-6,10-11,13H2,1-2H3,(H,27,34)(H,28,30,31). The van der Waals surface area contributed by atoms with E-state index in [-0.39, 0.29) is 29.9 Å². The Hall–Kier alpha value is -3.88. The molecule has 2 N–H and O–H groups in total. The van der Waals surface area contributed by atoms with Gasteiger partial charge < -0.3 is 5.32 Å². The number of hydrogen-bond donors (Lipinski definition) is 2. The van der Waals surface area contributed by atoms with E-state index in [1.165, 1.54) is 0 Å². The fourth-order valence-electron chi connectivity index (χ4n) is 4.24. The summed E-state index contributed by atoms with van der Waals surface area (Å²) < 4.78 is 0. The average Bonchev–Trinajstić information content (AvgIpc) is 3.07. The number of rotatable bonds is 7. The highest BCUT2D eigenvalue weighted by Crippen LogP contribution is 2.28. The highest BCUT2D eigenvalue weighted by atomic mass is 16.2. The molecule has 1 aromatic carbocycles. The number of nitrogens with one attached hydrogen (secondary N) is 2. The second-order valence-corrected chi connectivity index (χ2v) is 9.03. The third-order valence-electron chi connectivity index (χ3n) is 6.30. The Balaban J connectivity index is 1.36. The van der Waals surface area contributed by atoms with Crippen molar-refractivity contribution in [2.24, 2.45) is 0 Å². The van der Waals surface area contributed by atoms with Crippen molar-refractivity contribution in [1.82, 2.24) is 20.5 Å². The van der Waals surface area contributed by atoms with Crippen molar-refractivity contribution in [3.8, 4) is 0 Å². The molecule has 0 saturated carbocycles. The Morgan fingerprint density at radius 3 is 2.59 bits per heavy atom. The van der Waals surface area contributed by atoms with E-state index in [9.17, 15) is 24.0 Å². The molecule has 9 heteroatoms. The summed E-state index contributed by atoms with van der Waals surface area (Å²) in [6, 6.07) is 9.53. The molecular weight excluding hydrogens is 436 g/mol. The van der Waals surface area contributed by atoms with Crippen molar-refractivity contribution in [2.45, 2.75) is 51.0 Å². The zero-order valence-corrected chi connectivity index (χ0v) is 19.1. The largest absolute Gasteiger partial charge is 0.355 e. The summed E-state index contributed by atoms with van der Waals surface area (Å²) in [4.78, 5) is 67.2. The van der Waals surface area contributed by atoms with Gasteiger partial charge in [-0.1, -0.05) is 12.1 Å².